The first-order chi connectivity index (χ1) is 9.31. The number of rotatable bonds is 2. The van der Waals surface area contributed by atoms with E-state index in [4.69, 9.17) is 4.98 Å². The molecule has 1 saturated heterocycles. The van der Waals surface area contributed by atoms with E-state index in [1.165, 1.54) is 23.0 Å². The Kier molecular flexibility index (Phi) is 3.42. The Hall–Kier alpha value is -1.55. The summed E-state index contributed by atoms with van der Waals surface area (Å²) in [5, 5.41) is 3.44. The topological polar surface area (TPSA) is 33.1 Å². The van der Waals surface area contributed by atoms with Gasteiger partial charge in [-0.15, -0.1) is 0 Å². The fourth-order valence-electron chi connectivity index (χ4n) is 2.87. The Bertz CT molecular complexity index is 565. The van der Waals surface area contributed by atoms with Crippen LogP contribution in [0.2, 0.25) is 0 Å². The summed E-state index contributed by atoms with van der Waals surface area (Å²) >= 11 is 0. The summed E-state index contributed by atoms with van der Waals surface area (Å²) < 4.78 is 2.24. The Morgan fingerprint density at radius 2 is 2.16 bits per heavy atom. The van der Waals surface area contributed by atoms with E-state index < -0.39 is 0 Å². The molecule has 4 heteroatoms. The minimum Gasteiger partial charge on any atom is -0.341 e. The minimum absolute atomic E-state index is 1.04. The number of benzene rings is 1. The average molecular weight is 258 g/mol. The first kappa shape index (κ1) is 12.5. The number of hydrogen-bond donors (Lipinski definition) is 1. The Morgan fingerprint density at radius 3 is 3.00 bits per heavy atom. The van der Waals surface area contributed by atoms with E-state index in [9.17, 15) is 0 Å². The molecule has 0 unspecified atom stereocenters. The number of aromatic nitrogens is 2. The summed E-state index contributed by atoms with van der Waals surface area (Å²) in [6.45, 7) is 6.48. The van der Waals surface area contributed by atoms with Gasteiger partial charge in [-0.1, -0.05) is 19.1 Å². The Morgan fingerprint density at radius 1 is 1.26 bits per heavy atom. The van der Waals surface area contributed by atoms with Crippen molar-refractivity contribution in [3.8, 4) is 0 Å². The molecule has 102 valence electrons. The van der Waals surface area contributed by atoms with Crippen molar-refractivity contribution in [1.82, 2.24) is 14.9 Å². The monoisotopic (exact) mass is 258 g/mol. The third-order valence-corrected chi connectivity index (χ3v) is 3.98. The number of anilines is 1. The SMILES string of the molecule is CCc1cccc2c1nc(N1CCCNCC1)n2C. The van der Waals surface area contributed by atoms with Crippen LogP contribution in [0.25, 0.3) is 11.0 Å². The maximum Gasteiger partial charge on any atom is 0.206 e. The van der Waals surface area contributed by atoms with Crippen LogP contribution >= 0.6 is 0 Å². The van der Waals surface area contributed by atoms with Crippen molar-refractivity contribution < 1.29 is 0 Å². The van der Waals surface area contributed by atoms with Crippen LogP contribution in [0.15, 0.2) is 18.2 Å². The maximum atomic E-state index is 4.91. The van der Waals surface area contributed by atoms with Crippen molar-refractivity contribution in [3.63, 3.8) is 0 Å². The van der Waals surface area contributed by atoms with Gasteiger partial charge in [0.25, 0.3) is 0 Å². The van der Waals surface area contributed by atoms with E-state index in [0.717, 1.165) is 38.5 Å². The van der Waals surface area contributed by atoms with Gasteiger partial charge in [0.15, 0.2) is 0 Å². The highest BCUT2D eigenvalue weighted by Crippen LogP contribution is 2.24. The van der Waals surface area contributed by atoms with Crippen molar-refractivity contribution in [3.05, 3.63) is 23.8 Å². The molecule has 0 spiro atoms. The molecule has 2 aromatic rings. The number of para-hydroxylation sites is 1. The third kappa shape index (κ3) is 2.21. The Labute approximate surface area is 114 Å². The zero-order valence-corrected chi connectivity index (χ0v) is 11.8. The fourth-order valence-corrected chi connectivity index (χ4v) is 2.87. The number of hydrogen-bond acceptors (Lipinski definition) is 3. The van der Waals surface area contributed by atoms with Crippen molar-refractivity contribution in [2.75, 3.05) is 31.1 Å². The normalized spacial score (nSPS) is 16.8. The van der Waals surface area contributed by atoms with Gasteiger partial charge in [0.05, 0.1) is 11.0 Å². The van der Waals surface area contributed by atoms with Gasteiger partial charge < -0.3 is 14.8 Å². The number of imidazole rings is 1. The molecular weight excluding hydrogens is 236 g/mol. The lowest BCUT2D eigenvalue weighted by Crippen LogP contribution is -2.29. The second kappa shape index (κ2) is 5.21. The highest BCUT2D eigenvalue weighted by molar-refractivity contribution is 5.82. The highest BCUT2D eigenvalue weighted by atomic mass is 15.3. The second-order valence-electron chi connectivity index (χ2n) is 5.20. The standard InChI is InChI=1S/C15H22N4/c1-3-12-6-4-7-13-14(12)17-15(18(13)2)19-10-5-8-16-9-11-19/h4,6-7,16H,3,5,8-11H2,1-2H3. The molecule has 1 aliphatic heterocycles. The lowest BCUT2D eigenvalue weighted by atomic mass is 10.1. The van der Waals surface area contributed by atoms with Crippen LogP contribution in [-0.4, -0.2) is 35.7 Å². The molecule has 0 saturated carbocycles. The third-order valence-electron chi connectivity index (χ3n) is 3.98. The molecule has 3 rings (SSSR count). The molecule has 0 amide bonds. The number of aryl methyl sites for hydroxylation is 2. The van der Waals surface area contributed by atoms with E-state index in [1.54, 1.807) is 0 Å². The van der Waals surface area contributed by atoms with Gasteiger partial charge >= 0.3 is 0 Å². The molecule has 1 N–H and O–H groups in total. The Balaban J connectivity index is 2.06. The molecule has 0 aliphatic carbocycles. The van der Waals surface area contributed by atoms with Gasteiger partial charge in [-0.2, -0.15) is 0 Å². The second-order valence-corrected chi connectivity index (χ2v) is 5.20. The van der Waals surface area contributed by atoms with Gasteiger partial charge in [0.2, 0.25) is 5.95 Å². The van der Waals surface area contributed by atoms with Crippen molar-refractivity contribution in [1.29, 1.82) is 0 Å². The maximum absolute atomic E-state index is 4.91. The lowest BCUT2D eigenvalue weighted by molar-refractivity contribution is 0.724. The van der Waals surface area contributed by atoms with Crippen LogP contribution in [0.1, 0.15) is 18.9 Å². The van der Waals surface area contributed by atoms with Crippen molar-refractivity contribution in [2.24, 2.45) is 7.05 Å². The van der Waals surface area contributed by atoms with Gasteiger partial charge in [-0.05, 0) is 31.0 Å². The fraction of sp³-hybridized carbons (Fsp3) is 0.533. The summed E-state index contributed by atoms with van der Waals surface area (Å²) in [7, 11) is 2.13. The predicted molar refractivity (Wildman–Crippen MR) is 79.8 cm³/mol. The number of nitrogens with one attached hydrogen (secondary N) is 1. The molecule has 0 radical (unpaired) electrons. The summed E-state index contributed by atoms with van der Waals surface area (Å²) in [6, 6.07) is 6.49. The van der Waals surface area contributed by atoms with Gasteiger partial charge in [0.1, 0.15) is 0 Å². The smallest absolute Gasteiger partial charge is 0.206 e. The van der Waals surface area contributed by atoms with E-state index in [1.807, 2.05) is 0 Å². The number of nitrogens with zero attached hydrogens (tertiary/aromatic N) is 3. The van der Waals surface area contributed by atoms with Crippen molar-refractivity contribution in [2.45, 2.75) is 19.8 Å². The van der Waals surface area contributed by atoms with Crippen LogP contribution in [0, 0.1) is 0 Å². The molecule has 2 heterocycles. The molecule has 1 aliphatic rings. The van der Waals surface area contributed by atoms with Crippen LogP contribution < -0.4 is 10.2 Å². The van der Waals surface area contributed by atoms with Gasteiger partial charge in [0, 0.05) is 26.7 Å². The minimum atomic E-state index is 1.04. The molecule has 1 fully saturated rings. The van der Waals surface area contributed by atoms with E-state index in [2.05, 4.69) is 47.0 Å². The summed E-state index contributed by atoms with van der Waals surface area (Å²) in [6.07, 6.45) is 2.22. The van der Waals surface area contributed by atoms with Crippen LogP contribution in [0.5, 0.6) is 0 Å². The van der Waals surface area contributed by atoms with Crippen LogP contribution in [0.3, 0.4) is 0 Å². The van der Waals surface area contributed by atoms with Gasteiger partial charge in [-0.3, -0.25) is 0 Å². The molecule has 19 heavy (non-hydrogen) atoms. The molecule has 0 atom stereocenters. The lowest BCUT2D eigenvalue weighted by Gasteiger charge is -2.20. The molecule has 1 aromatic carbocycles. The first-order valence-electron chi connectivity index (χ1n) is 7.21. The largest absolute Gasteiger partial charge is 0.341 e. The predicted octanol–water partition coefficient (Wildman–Crippen LogP) is 1.94. The molecule has 0 bridgehead atoms. The summed E-state index contributed by atoms with van der Waals surface area (Å²) in [5.74, 6) is 1.11. The molecular formula is C15H22N4. The van der Waals surface area contributed by atoms with E-state index in [0.29, 0.717) is 0 Å². The zero-order chi connectivity index (χ0) is 13.2. The molecule has 1 aromatic heterocycles. The van der Waals surface area contributed by atoms with Gasteiger partial charge in [-0.25, -0.2) is 4.98 Å². The van der Waals surface area contributed by atoms with Crippen LogP contribution in [0.4, 0.5) is 5.95 Å². The quantitative estimate of drug-likeness (QED) is 0.893. The zero-order valence-electron chi connectivity index (χ0n) is 11.8. The van der Waals surface area contributed by atoms with Crippen LogP contribution in [-0.2, 0) is 13.5 Å². The molecule has 4 nitrogen and oxygen atoms in total. The van der Waals surface area contributed by atoms with E-state index >= 15 is 0 Å². The van der Waals surface area contributed by atoms with Crippen molar-refractivity contribution >= 4 is 17.0 Å². The summed E-state index contributed by atoms with van der Waals surface area (Å²) in [4.78, 5) is 7.31. The van der Waals surface area contributed by atoms with E-state index in [-0.39, 0.29) is 0 Å². The summed E-state index contributed by atoms with van der Waals surface area (Å²) in [5.41, 5.74) is 3.75. The average Bonchev–Trinajstić information content (AvgIpc) is 2.65. The number of fused-ring (bicyclic) bond motifs is 1. The first-order valence-corrected chi connectivity index (χ1v) is 7.21. The highest BCUT2D eigenvalue weighted by Gasteiger charge is 2.17.